The van der Waals surface area contributed by atoms with Crippen molar-refractivity contribution in [2.45, 2.75) is 66.2 Å². The Morgan fingerprint density at radius 2 is 1.43 bits per heavy atom. The van der Waals surface area contributed by atoms with Gasteiger partial charge >= 0.3 is 7.60 Å². The zero-order valence-electron chi connectivity index (χ0n) is 15.7. The summed E-state index contributed by atoms with van der Waals surface area (Å²) < 4.78 is 24.1. The third-order valence-electron chi connectivity index (χ3n) is 3.66. The molecule has 0 unspecified atom stereocenters. The van der Waals surface area contributed by atoms with Gasteiger partial charge in [-0.15, -0.1) is 0 Å². The molecule has 1 N–H and O–H groups in total. The Kier molecular flexibility index (Phi) is 6.12. The van der Waals surface area contributed by atoms with E-state index in [2.05, 4.69) is 20.8 Å². The van der Waals surface area contributed by atoms with Gasteiger partial charge in [-0.1, -0.05) is 47.6 Å². The summed E-state index contributed by atoms with van der Waals surface area (Å²) in [4.78, 5) is 0. The van der Waals surface area contributed by atoms with Crippen LogP contribution in [0.3, 0.4) is 0 Å². The van der Waals surface area contributed by atoms with Gasteiger partial charge in [-0.3, -0.25) is 4.57 Å². The van der Waals surface area contributed by atoms with Crippen LogP contribution in [0.2, 0.25) is 0 Å². The lowest BCUT2D eigenvalue weighted by Gasteiger charge is -2.29. The van der Waals surface area contributed by atoms with E-state index in [0.717, 1.165) is 11.1 Å². The molecule has 132 valence electrons. The summed E-state index contributed by atoms with van der Waals surface area (Å²) in [6, 6.07) is 3.75. The molecule has 0 fully saturated rings. The number of phenolic OH excluding ortho intramolecular Hbond substituents is 1. The summed E-state index contributed by atoms with van der Waals surface area (Å²) in [6.07, 6.45) is 0. The maximum atomic E-state index is 13.2. The minimum atomic E-state index is -3.55. The first kappa shape index (κ1) is 20.2. The Labute approximate surface area is 140 Å². The third kappa shape index (κ3) is 4.59. The van der Waals surface area contributed by atoms with Crippen molar-refractivity contribution in [3.05, 3.63) is 23.3 Å². The van der Waals surface area contributed by atoms with Crippen molar-refractivity contribution in [1.82, 2.24) is 0 Å². The first-order valence-corrected chi connectivity index (χ1v) is 9.68. The molecule has 23 heavy (non-hydrogen) atoms. The maximum absolute atomic E-state index is 13.2. The number of rotatable bonds is 5. The zero-order chi connectivity index (χ0) is 18.1. The quantitative estimate of drug-likeness (QED) is 0.775. The molecule has 0 atom stereocenters. The van der Waals surface area contributed by atoms with Gasteiger partial charge in [0.05, 0.1) is 13.2 Å². The van der Waals surface area contributed by atoms with Gasteiger partial charge in [0, 0.05) is 5.56 Å². The highest BCUT2D eigenvalue weighted by Gasteiger charge is 2.35. The molecule has 0 aromatic heterocycles. The van der Waals surface area contributed by atoms with Crippen LogP contribution in [0.1, 0.15) is 66.5 Å². The summed E-state index contributed by atoms with van der Waals surface area (Å²) in [5.74, 6) is 0.00994. The second-order valence-electron chi connectivity index (χ2n) is 7.72. The van der Waals surface area contributed by atoms with Gasteiger partial charge in [0.15, 0.2) is 0 Å². The van der Waals surface area contributed by atoms with Crippen molar-refractivity contribution in [1.29, 1.82) is 0 Å². The van der Waals surface area contributed by atoms with Crippen molar-refractivity contribution < 1.29 is 18.7 Å². The number of phenols is 1. The van der Waals surface area contributed by atoms with E-state index < -0.39 is 7.60 Å². The van der Waals surface area contributed by atoms with E-state index in [0.29, 0.717) is 0 Å². The Morgan fingerprint density at radius 1 is 0.957 bits per heavy atom. The van der Waals surface area contributed by atoms with Crippen molar-refractivity contribution in [3.63, 3.8) is 0 Å². The van der Waals surface area contributed by atoms with Crippen molar-refractivity contribution in [2.24, 2.45) is 0 Å². The lowest BCUT2D eigenvalue weighted by atomic mass is 9.80. The van der Waals surface area contributed by atoms with Crippen LogP contribution in [-0.2, 0) is 24.4 Å². The lowest BCUT2D eigenvalue weighted by molar-refractivity contribution is 0.229. The summed E-state index contributed by atoms with van der Waals surface area (Å²) in [5, 5.41) is 11.0. The predicted molar refractivity (Wildman–Crippen MR) is 96.0 cm³/mol. The van der Waals surface area contributed by atoms with E-state index in [1.165, 1.54) is 0 Å². The second-order valence-corrected chi connectivity index (χ2v) is 9.72. The fourth-order valence-electron chi connectivity index (χ4n) is 2.35. The normalized spacial score (nSPS) is 13.4. The SMILES string of the molecule is CCOP(=O)(OCC)c1cc(C(C)(C)C)cc(C(C)(C)C)c1O. The van der Waals surface area contributed by atoms with Crippen LogP contribution in [0.5, 0.6) is 5.75 Å². The molecule has 0 saturated heterocycles. The molecule has 0 radical (unpaired) electrons. The Bertz CT molecular complexity index is 584. The van der Waals surface area contributed by atoms with E-state index >= 15 is 0 Å². The van der Waals surface area contributed by atoms with Gasteiger partial charge in [0.2, 0.25) is 0 Å². The second kappa shape index (κ2) is 6.96. The smallest absolute Gasteiger partial charge is 0.365 e. The van der Waals surface area contributed by atoms with Crippen molar-refractivity contribution in [3.8, 4) is 5.75 Å². The van der Waals surface area contributed by atoms with Gasteiger partial charge in [0.25, 0.3) is 0 Å². The van der Waals surface area contributed by atoms with Crippen molar-refractivity contribution in [2.75, 3.05) is 13.2 Å². The van der Waals surface area contributed by atoms with Gasteiger partial charge in [-0.25, -0.2) is 0 Å². The summed E-state index contributed by atoms with van der Waals surface area (Å²) in [5.41, 5.74) is 1.31. The van der Waals surface area contributed by atoms with Gasteiger partial charge < -0.3 is 14.2 Å². The Hall–Kier alpha value is -0.830. The molecule has 1 aromatic rings. The monoisotopic (exact) mass is 342 g/mol. The van der Waals surface area contributed by atoms with Gasteiger partial charge in [-0.05, 0) is 36.3 Å². The average Bonchev–Trinajstić information content (AvgIpc) is 2.36. The van der Waals surface area contributed by atoms with E-state index in [1.807, 2.05) is 26.8 Å². The van der Waals surface area contributed by atoms with Gasteiger partial charge in [-0.2, -0.15) is 0 Å². The standard InChI is InChI=1S/C18H31O4P/c1-9-21-23(20,22-10-2)15-12-13(17(3,4)5)11-14(16(15)19)18(6,7)8/h11-12,19H,9-10H2,1-8H3. The fraction of sp³-hybridized carbons (Fsp3) is 0.667. The summed E-state index contributed by atoms with van der Waals surface area (Å²) in [6.45, 7) is 16.3. The summed E-state index contributed by atoms with van der Waals surface area (Å²) >= 11 is 0. The first-order valence-electron chi connectivity index (χ1n) is 8.14. The fourth-order valence-corrected chi connectivity index (χ4v) is 4.06. The number of aromatic hydroxyl groups is 1. The minimum Gasteiger partial charge on any atom is -0.507 e. The Balaban J connectivity index is 3.73. The van der Waals surface area contributed by atoms with E-state index in [9.17, 15) is 9.67 Å². The van der Waals surface area contributed by atoms with Crippen LogP contribution >= 0.6 is 7.60 Å². The first-order chi connectivity index (χ1) is 10.4. The van der Waals surface area contributed by atoms with Gasteiger partial charge in [0.1, 0.15) is 11.1 Å². The topological polar surface area (TPSA) is 55.8 Å². The number of hydrogen-bond acceptors (Lipinski definition) is 4. The lowest BCUT2D eigenvalue weighted by Crippen LogP contribution is -2.22. The van der Waals surface area contributed by atoms with Crippen LogP contribution < -0.4 is 5.30 Å². The number of benzene rings is 1. The highest BCUT2D eigenvalue weighted by Crippen LogP contribution is 2.51. The molecule has 5 heteroatoms. The molecule has 1 rings (SSSR count). The summed E-state index contributed by atoms with van der Waals surface area (Å²) in [7, 11) is -3.55. The molecule has 1 aromatic carbocycles. The zero-order valence-corrected chi connectivity index (χ0v) is 16.6. The van der Waals surface area contributed by atoms with Crippen molar-refractivity contribution >= 4 is 12.9 Å². The van der Waals surface area contributed by atoms with E-state index in [4.69, 9.17) is 9.05 Å². The van der Waals surface area contributed by atoms with E-state index in [1.54, 1.807) is 19.9 Å². The van der Waals surface area contributed by atoms with Crippen LogP contribution in [0.4, 0.5) is 0 Å². The molecule has 0 bridgehead atoms. The molecule has 4 nitrogen and oxygen atoms in total. The molecular weight excluding hydrogens is 311 g/mol. The number of hydrogen-bond donors (Lipinski definition) is 1. The maximum Gasteiger partial charge on any atom is 0.365 e. The molecule has 0 aliphatic rings. The van der Waals surface area contributed by atoms with Crippen LogP contribution in [-0.4, -0.2) is 18.3 Å². The van der Waals surface area contributed by atoms with Crippen LogP contribution in [0, 0.1) is 0 Å². The van der Waals surface area contributed by atoms with Crippen LogP contribution in [0.15, 0.2) is 12.1 Å². The highest BCUT2D eigenvalue weighted by molar-refractivity contribution is 7.62. The molecule has 0 heterocycles. The largest absolute Gasteiger partial charge is 0.507 e. The Morgan fingerprint density at radius 3 is 1.78 bits per heavy atom. The molecule has 0 aliphatic heterocycles. The molecule has 0 saturated carbocycles. The van der Waals surface area contributed by atoms with Crippen LogP contribution in [0.25, 0.3) is 0 Å². The average molecular weight is 342 g/mol. The molecule has 0 amide bonds. The molecule has 0 spiro atoms. The van der Waals surface area contributed by atoms with E-state index in [-0.39, 0.29) is 35.1 Å². The third-order valence-corrected chi connectivity index (χ3v) is 5.78. The highest BCUT2D eigenvalue weighted by atomic mass is 31.2. The predicted octanol–water partition coefficient (Wildman–Crippen LogP) is 4.88. The molecular formula is C18H31O4P. The molecule has 0 aliphatic carbocycles. The minimum absolute atomic E-state index is 0.00994.